The number of benzene rings is 1. The summed E-state index contributed by atoms with van der Waals surface area (Å²) in [5, 5.41) is 10.3. The highest BCUT2D eigenvalue weighted by molar-refractivity contribution is 6.17. The van der Waals surface area contributed by atoms with Crippen LogP contribution >= 0.6 is 0 Å². The SMILES string of the molecule is CC(=O)OC1CC(C)(C)CC2=CCC3C(=O)c4cccc(O)c4C(=O)C3C21. The lowest BCUT2D eigenvalue weighted by Gasteiger charge is -2.49. The molecule has 142 valence electrons. The van der Waals surface area contributed by atoms with Crippen LogP contribution in [-0.4, -0.2) is 28.7 Å². The molecule has 1 saturated carbocycles. The standard InChI is InChI=1S/C22H24O5/c1-11(23)27-16-10-22(2,3)9-12-7-8-14-19(17(12)16)21(26)18-13(20(14)25)5-4-6-15(18)24/h4-7,14,16-17,19,24H,8-10H2,1-3H3. The number of allylic oxidation sites excluding steroid dienone is 1. The van der Waals surface area contributed by atoms with Crippen LogP contribution in [-0.2, 0) is 9.53 Å². The van der Waals surface area contributed by atoms with Crippen LogP contribution in [0.15, 0.2) is 29.8 Å². The highest BCUT2D eigenvalue weighted by Crippen LogP contribution is 2.53. The predicted octanol–water partition coefficient (Wildman–Crippen LogP) is 3.70. The molecule has 0 amide bonds. The molecule has 4 unspecified atom stereocenters. The zero-order chi connectivity index (χ0) is 19.5. The van der Waals surface area contributed by atoms with Gasteiger partial charge in [0, 0.05) is 30.2 Å². The number of phenolic OH excluding ortho intramolecular Hbond substituents is 1. The van der Waals surface area contributed by atoms with Crippen molar-refractivity contribution >= 4 is 17.5 Å². The number of ketones is 2. The van der Waals surface area contributed by atoms with Gasteiger partial charge in [-0.2, -0.15) is 0 Å². The normalized spacial score (nSPS) is 31.3. The number of hydrogen-bond acceptors (Lipinski definition) is 5. The topological polar surface area (TPSA) is 80.7 Å². The summed E-state index contributed by atoms with van der Waals surface area (Å²) in [5.41, 5.74) is 1.48. The fourth-order valence-electron chi connectivity index (χ4n) is 5.31. The molecule has 0 radical (unpaired) electrons. The van der Waals surface area contributed by atoms with E-state index in [0.29, 0.717) is 18.4 Å². The maximum atomic E-state index is 13.4. The summed E-state index contributed by atoms with van der Waals surface area (Å²) in [6.07, 6.45) is 3.61. The van der Waals surface area contributed by atoms with Crippen molar-refractivity contribution in [3.63, 3.8) is 0 Å². The molecule has 5 heteroatoms. The number of ether oxygens (including phenoxy) is 1. The second kappa shape index (κ2) is 6.04. The zero-order valence-corrected chi connectivity index (χ0v) is 15.8. The first-order valence-corrected chi connectivity index (χ1v) is 9.46. The summed E-state index contributed by atoms with van der Waals surface area (Å²) in [5.74, 6) is -2.19. The van der Waals surface area contributed by atoms with Gasteiger partial charge in [-0.25, -0.2) is 0 Å². The van der Waals surface area contributed by atoms with Gasteiger partial charge in [-0.15, -0.1) is 0 Å². The van der Waals surface area contributed by atoms with Gasteiger partial charge in [0.15, 0.2) is 11.6 Å². The Morgan fingerprint density at radius 3 is 2.63 bits per heavy atom. The fraction of sp³-hybridized carbons (Fsp3) is 0.500. The van der Waals surface area contributed by atoms with Crippen LogP contribution in [0.4, 0.5) is 0 Å². The molecule has 0 saturated heterocycles. The Balaban J connectivity index is 1.83. The fourth-order valence-corrected chi connectivity index (χ4v) is 5.31. The van der Waals surface area contributed by atoms with Crippen LogP contribution < -0.4 is 0 Å². The summed E-state index contributed by atoms with van der Waals surface area (Å²) in [7, 11) is 0. The highest BCUT2D eigenvalue weighted by Gasteiger charge is 2.54. The van der Waals surface area contributed by atoms with E-state index in [4.69, 9.17) is 4.74 Å². The van der Waals surface area contributed by atoms with E-state index in [1.54, 1.807) is 12.1 Å². The van der Waals surface area contributed by atoms with Gasteiger partial charge in [0.25, 0.3) is 0 Å². The van der Waals surface area contributed by atoms with Crippen molar-refractivity contribution in [2.75, 3.05) is 0 Å². The van der Waals surface area contributed by atoms with Crippen molar-refractivity contribution in [2.45, 2.75) is 46.1 Å². The molecule has 1 fully saturated rings. The first-order valence-electron chi connectivity index (χ1n) is 9.46. The van der Waals surface area contributed by atoms with E-state index < -0.39 is 17.9 Å². The minimum Gasteiger partial charge on any atom is -0.507 e. The summed E-state index contributed by atoms with van der Waals surface area (Å²) < 4.78 is 5.64. The van der Waals surface area contributed by atoms with E-state index >= 15 is 0 Å². The van der Waals surface area contributed by atoms with Gasteiger partial charge in [-0.3, -0.25) is 14.4 Å². The first kappa shape index (κ1) is 18.0. The number of phenols is 1. The first-order chi connectivity index (χ1) is 12.7. The van der Waals surface area contributed by atoms with Gasteiger partial charge >= 0.3 is 5.97 Å². The molecule has 3 aliphatic rings. The lowest BCUT2D eigenvalue weighted by Crippen LogP contribution is -2.51. The van der Waals surface area contributed by atoms with Crippen LogP contribution in [0.2, 0.25) is 0 Å². The molecule has 0 bridgehead atoms. The second-order valence-electron chi connectivity index (χ2n) is 8.79. The van der Waals surface area contributed by atoms with E-state index in [9.17, 15) is 19.5 Å². The monoisotopic (exact) mass is 368 g/mol. The second-order valence-corrected chi connectivity index (χ2v) is 8.79. The molecule has 1 aromatic carbocycles. The van der Waals surface area contributed by atoms with Gasteiger partial charge in [0.05, 0.1) is 5.56 Å². The summed E-state index contributed by atoms with van der Waals surface area (Å²) in [6, 6.07) is 4.64. The number of aromatic hydroxyl groups is 1. The van der Waals surface area contributed by atoms with E-state index in [0.717, 1.165) is 12.0 Å². The van der Waals surface area contributed by atoms with Crippen LogP contribution in [0.3, 0.4) is 0 Å². The van der Waals surface area contributed by atoms with Gasteiger partial charge in [0.1, 0.15) is 11.9 Å². The average Bonchev–Trinajstić information content (AvgIpc) is 2.57. The highest BCUT2D eigenvalue weighted by atomic mass is 16.5. The third-order valence-corrected chi connectivity index (χ3v) is 6.23. The summed E-state index contributed by atoms with van der Waals surface area (Å²) in [4.78, 5) is 38.2. The number of carbonyl (C=O) groups is 3. The number of fused-ring (bicyclic) bond motifs is 4. The smallest absolute Gasteiger partial charge is 0.302 e. The minimum absolute atomic E-state index is 0.0446. The largest absolute Gasteiger partial charge is 0.507 e. The predicted molar refractivity (Wildman–Crippen MR) is 98.5 cm³/mol. The lowest BCUT2D eigenvalue weighted by atomic mass is 9.56. The van der Waals surface area contributed by atoms with Gasteiger partial charge < -0.3 is 9.84 Å². The lowest BCUT2D eigenvalue weighted by molar-refractivity contribution is -0.153. The van der Waals surface area contributed by atoms with Crippen LogP contribution in [0.1, 0.15) is 60.7 Å². The molecule has 0 spiro atoms. The Morgan fingerprint density at radius 2 is 1.93 bits per heavy atom. The molecule has 1 aromatic rings. The van der Waals surface area contributed by atoms with Gasteiger partial charge in [0.2, 0.25) is 0 Å². The number of hydrogen-bond donors (Lipinski definition) is 1. The van der Waals surface area contributed by atoms with Crippen LogP contribution in [0.25, 0.3) is 0 Å². The number of Topliss-reactive ketones (excluding diaryl/α,β-unsaturated/α-hetero) is 2. The van der Waals surface area contributed by atoms with Gasteiger partial charge in [-0.1, -0.05) is 37.6 Å². The van der Waals surface area contributed by atoms with Crippen molar-refractivity contribution in [3.8, 4) is 5.75 Å². The van der Waals surface area contributed by atoms with E-state index in [1.807, 2.05) is 0 Å². The third-order valence-electron chi connectivity index (χ3n) is 6.23. The Bertz CT molecular complexity index is 879. The maximum Gasteiger partial charge on any atom is 0.302 e. The van der Waals surface area contributed by atoms with Crippen molar-refractivity contribution in [2.24, 2.45) is 23.2 Å². The molecule has 0 heterocycles. The molecule has 3 aliphatic carbocycles. The summed E-state index contributed by atoms with van der Waals surface area (Å²) in [6.45, 7) is 5.63. The Kier molecular flexibility index (Phi) is 4.02. The quantitative estimate of drug-likeness (QED) is 0.604. The van der Waals surface area contributed by atoms with Crippen molar-refractivity contribution in [1.29, 1.82) is 0 Å². The number of rotatable bonds is 1. The molecule has 27 heavy (non-hydrogen) atoms. The molecule has 4 atom stereocenters. The molecular formula is C22H24O5. The van der Waals surface area contributed by atoms with Crippen LogP contribution in [0.5, 0.6) is 5.75 Å². The number of esters is 1. The minimum atomic E-state index is -0.584. The van der Waals surface area contributed by atoms with Crippen LogP contribution in [0, 0.1) is 23.2 Å². The molecule has 0 aromatic heterocycles. The molecular weight excluding hydrogens is 344 g/mol. The van der Waals surface area contributed by atoms with E-state index in [1.165, 1.54) is 13.0 Å². The molecule has 4 rings (SSSR count). The van der Waals surface area contributed by atoms with Gasteiger partial charge in [-0.05, 0) is 30.7 Å². The van der Waals surface area contributed by atoms with E-state index in [2.05, 4.69) is 19.9 Å². The van der Waals surface area contributed by atoms with Crippen molar-refractivity contribution < 1.29 is 24.2 Å². The Labute approximate surface area is 158 Å². The molecule has 5 nitrogen and oxygen atoms in total. The average molecular weight is 368 g/mol. The third kappa shape index (κ3) is 2.80. The zero-order valence-electron chi connectivity index (χ0n) is 15.8. The maximum absolute atomic E-state index is 13.4. The Morgan fingerprint density at radius 1 is 1.19 bits per heavy atom. The molecule has 0 aliphatic heterocycles. The Hall–Kier alpha value is -2.43. The number of carbonyl (C=O) groups excluding carboxylic acids is 3. The summed E-state index contributed by atoms with van der Waals surface area (Å²) >= 11 is 0. The van der Waals surface area contributed by atoms with E-state index in [-0.39, 0.29) is 40.2 Å². The van der Waals surface area contributed by atoms with Crippen molar-refractivity contribution in [1.82, 2.24) is 0 Å². The van der Waals surface area contributed by atoms with Crippen molar-refractivity contribution in [3.05, 3.63) is 41.0 Å². The molecule has 1 N–H and O–H groups in total.